The molecule has 19 heavy (non-hydrogen) atoms. The summed E-state index contributed by atoms with van der Waals surface area (Å²) in [5.74, 6) is 2.53. The van der Waals surface area contributed by atoms with E-state index in [1.165, 1.54) is 0 Å². The number of nitrogens with zero attached hydrogens (tertiary/aromatic N) is 1. The van der Waals surface area contributed by atoms with E-state index < -0.39 is 0 Å². The van der Waals surface area contributed by atoms with E-state index in [1.807, 2.05) is 24.4 Å². The number of benzene rings is 1. The average molecular weight is 259 g/mol. The van der Waals surface area contributed by atoms with E-state index in [4.69, 9.17) is 9.47 Å². The summed E-state index contributed by atoms with van der Waals surface area (Å²) in [7, 11) is 0. The zero-order chi connectivity index (χ0) is 13.1. The zero-order valence-corrected chi connectivity index (χ0v) is 10.9. The Morgan fingerprint density at radius 3 is 3.11 bits per heavy atom. The number of nitrogens with one attached hydrogen (secondary N) is 2. The minimum atomic E-state index is 0.300. The van der Waals surface area contributed by atoms with Gasteiger partial charge >= 0.3 is 0 Å². The molecule has 2 N–H and O–H groups in total. The number of rotatable bonds is 5. The normalized spacial score (nSPS) is 12.9. The Bertz CT molecular complexity index is 566. The highest BCUT2D eigenvalue weighted by Gasteiger charge is 2.14. The van der Waals surface area contributed by atoms with Crippen molar-refractivity contribution in [1.29, 1.82) is 0 Å². The molecule has 1 aliphatic rings. The first-order valence-corrected chi connectivity index (χ1v) is 6.51. The average Bonchev–Trinajstić information content (AvgIpc) is 3.06. The molecule has 1 aliphatic heterocycles. The lowest BCUT2D eigenvalue weighted by atomic mass is 10.1. The largest absolute Gasteiger partial charge is 0.454 e. The summed E-state index contributed by atoms with van der Waals surface area (Å²) in [6.45, 7) is 4.21. The quantitative estimate of drug-likeness (QED) is 0.809. The second-order valence-electron chi connectivity index (χ2n) is 4.49. The van der Waals surface area contributed by atoms with Crippen molar-refractivity contribution in [2.24, 2.45) is 0 Å². The summed E-state index contributed by atoms with van der Waals surface area (Å²) in [6.07, 6.45) is 2.97. The van der Waals surface area contributed by atoms with Crippen LogP contribution in [0.15, 0.2) is 24.4 Å². The summed E-state index contributed by atoms with van der Waals surface area (Å²) in [4.78, 5) is 7.68. The second-order valence-corrected chi connectivity index (χ2v) is 4.49. The minimum absolute atomic E-state index is 0.300. The van der Waals surface area contributed by atoms with Gasteiger partial charge in [-0.2, -0.15) is 0 Å². The monoisotopic (exact) mass is 259 g/mol. The van der Waals surface area contributed by atoms with Crippen molar-refractivity contribution in [3.8, 4) is 22.8 Å². The van der Waals surface area contributed by atoms with Gasteiger partial charge in [0.25, 0.3) is 0 Å². The van der Waals surface area contributed by atoms with Crippen LogP contribution in [0.5, 0.6) is 11.5 Å². The number of imidazole rings is 1. The third-order valence-corrected chi connectivity index (χ3v) is 3.03. The van der Waals surface area contributed by atoms with Gasteiger partial charge in [-0.3, -0.25) is 0 Å². The van der Waals surface area contributed by atoms with Crippen LogP contribution in [0.3, 0.4) is 0 Å². The van der Waals surface area contributed by atoms with Crippen molar-refractivity contribution in [3.63, 3.8) is 0 Å². The molecule has 0 amide bonds. The molecule has 0 unspecified atom stereocenters. The Hall–Kier alpha value is -2.01. The number of ether oxygens (including phenoxy) is 2. The molecule has 3 rings (SSSR count). The molecule has 1 aromatic carbocycles. The van der Waals surface area contributed by atoms with Gasteiger partial charge in [0.1, 0.15) is 5.82 Å². The summed E-state index contributed by atoms with van der Waals surface area (Å²) in [6, 6.07) is 5.90. The van der Waals surface area contributed by atoms with Crippen molar-refractivity contribution in [2.75, 3.05) is 13.3 Å². The van der Waals surface area contributed by atoms with Crippen molar-refractivity contribution in [3.05, 3.63) is 30.2 Å². The number of hydrogen-bond donors (Lipinski definition) is 2. The smallest absolute Gasteiger partial charge is 0.231 e. The van der Waals surface area contributed by atoms with Gasteiger partial charge in [0.15, 0.2) is 11.5 Å². The zero-order valence-electron chi connectivity index (χ0n) is 10.9. The number of hydrogen-bond acceptors (Lipinski definition) is 4. The summed E-state index contributed by atoms with van der Waals surface area (Å²) in [5.41, 5.74) is 2.05. The number of aromatic nitrogens is 2. The third-order valence-electron chi connectivity index (χ3n) is 3.03. The molecule has 0 radical (unpaired) electrons. The fraction of sp³-hybridized carbons (Fsp3) is 0.357. The molecular weight excluding hydrogens is 242 g/mol. The Kier molecular flexibility index (Phi) is 3.37. The highest BCUT2D eigenvalue weighted by molar-refractivity contribution is 5.64. The Morgan fingerprint density at radius 2 is 2.21 bits per heavy atom. The van der Waals surface area contributed by atoms with Gasteiger partial charge in [0.2, 0.25) is 6.79 Å². The predicted octanol–water partition coefficient (Wildman–Crippen LogP) is 2.30. The van der Waals surface area contributed by atoms with Crippen LogP contribution in [0.25, 0.3) is 11.3 Å². The standard InChI is InChI=1S/C14H17N3O2/c1-2-5-15-8-14-16-7-11(17-14)10-3-4-12-13(6-10)19-9-18-12/h3-4,6-7,15H,2,5,8-9H2,1H3,(H,16,17). The lowest BCUT2D eigenvalue weighted by Crippen LogP contribution is -2.14. The molecule has 2 heterocycles. The molecule has 0 saturated carbocycles. The molecular formula is C14H17N3O2. The second kappa shape index (κ2) is 5.32. The molecule has 0 atom stereocenters. The number of H-pyrrole nitrogens is 1. The van der Waals surface area contributed by atoms with E-state index in [9.17, 15) is 0 Å². The lowest BCUT2D eigenvalue weighted by molar-refractivity contribution is 0.174. The van der Waals surface area contributed by atoms with Crippen LogP contribution in [0, 0.1) is 0 Å². The van der Waals surface area contributed by atoms with Gasteiger partial charge in [0, 0.05) is 5.56 Å². The van der Waals surface area contributed by atoms with Crippen molar-refractivity contribution in [2.45, 2.75) is 19.9 Å². The third kappa shape index (κ3) is 2.56. The molecule has 100 valence electrons. The van der Waals surface area contributed by atoms with Gasteiger partial charge in [0.05, 0.1) is 18.4 Å². The van der Waals surface area contributed by atoms with Crippen LogP contribution in [-0.2, 0) is 6.54 Å². The summed E-state index contributed by atoms with van der Waals surface area (Å²) >= 11 is 0. The van der Waals surface area contributed by atoms with Crippen molar-refractivity contribution in [1.82, 2.24) is 15.3 Å². The molecule has 0 aliphatic carbocycles. The SMILES string of the molecule is CCCNCc1ncc(-c2ccc3c(c2)OCO3)[nH]1. The van der Waals surface area contributed by atoms with E-state index in [0.717, 1.165) is 48.1 Å². The Balaban J connectivity index is 1.75. The maximum Gasteiger partial charge on any atom is 0.231 e. The summed E-state index contributed by atoms with van der Waals surface area (Å²) in [5, 5.41) is 3.32. The predicted molar refractivity (Wildman–Crippen MR) is 72.1 cm³/mol. The maximum absolute atomic E-state index is 5.38. The van der Waals surface area contributed by atoms with Gasteiger partial charge in [-0.25, -0.2) is 4.98 Å². The molecule has 2 aromatic rings. The van der Waals surface area contributed by atoms with Crippen LogP contribution in [0.2, 0.25) is 0 Å². The molecule has 0 spiro atoms. The van der Waals surface area contributed by atoms with E-state index in [0.29, 0.717) is 6.79 Å². The van der Waals surface area contributed by atoms with Crippen LogP contribution in [0.1, 0.15) is 19.2 Å². The van der Waals surface area contributed by atoms with Crippen LogP contribution in [-0.4, -0.2) is 23.3 Å². The number of aromatic amines is 1. The highest BCUT2D eigenvalue weighted by atomic mass is 16.7. The molecule has 0 bridgehead atoms. The van der Waals surface area contributed by atoms with Gasteiger partial charge < -0.3 is 19.8 Å². The summed E-state index contributed by atoms with van der Waals surface area (Å²) < 4.78 is 10.7. The molecule has 5 heteroatoms. The first-order valence-electron chi connectivity index (χ1n) is 6.51. The highest BCUT2D eigenvalue weighted by Crippen LogP contribution is 2.35. The van der Waals surface area contributed by atoms with Crippen molar-refractivity contribution >= 4 is 0 Å². The van der Waals surface area contributed by atoms with E-state index in [2.05, 4.69) is 22.2 Å². The van der Waals surface area contributed by atoms with Gasteiger partial charge in [-0.05, 0) is 31.2 Å². The maximum atomic E-state index is 5.38. The number of fused-ring (bicyclic) bond motifs is 1. The molecule has 0 fully saturated rings. The molecule has 0 saturated heterocycles. The van der Waals surface area contributed by atoms with Gasteiger partial charge in [-0.1, -0.05) is 6.92 Å². The van der Waals surface area contributed by atoms with E-state index in [1.54, 1.807) is 0 Å². The lowest BCUT2D eigenvalue weighted by Gasteiger charge is -2.01. The molecule has 1 aromatic heterocycles. The van der Waals surface area contributed by atoms with E-state index >= 15 is 0 Å². The minimum Gasteiger partial charge on any atom is -0.454 e. The topological polar surface area (TPSA) is 59.2 Å². The van der Waals surface area contributed by atoms with Crippen LogP contribution < -0.4 is 14.8 Å². The Labute approximate surface area is 112 Å². The molecule has 5 nitrogen and oxygen atoms in total. The van der Waals surface area contributed by atoms with Crippen LogP contribution in [0.4, 0.5) is 0 Å². The Morgan fingerprint density at radius 1 is 1.32 bits per heavy atom. The fourth-order valence-electron chi connectivity index (χ4n) is 2.05. The van der Waals surface area contributed by atoms with Gasteiger partial charge in [-0.15, -0.1) is 0 Å². The fourth-order valence-corrected chi connectivity index (χ4v) is 2.05. The van der Waals surface area contributed by atoms with E-state index in [-0.39, 0.29) is 0 Å². The first kappa shape index (κ1) is 12.0. The van der Waals surface area contributed by atoms with Crippen LogP contribution >= 0.6 is 0 Å². The van der Waals surface area contributed by atoms with Crippen molar-refractivity contribution < 1.29 is 9.47 Å². The first-order chi connectivity index (χ1) is 9.36.